The van der Waals surface area contributed by atoms with Crippen molar-refractivity contribution in [1.82, 2.24) is 15.6 Å². The zero-order chi connectivity index (χ0) is 15.4. The van der Waals surface area contributed by atoms with Crippen LogP contribution in [0.1, 0.15) is 56.2 Å². The van der Waals surface area contributed by atoms with E-state index in [1.807, 2.05) is 7.05 Å². The third kappa shape index (κ3) is 3.80. The third-order valence-electron chi connectivity index (χ3n) is 5.19. The smallest absolute Gasteiger partial charge is 0.191 e. The lowest BCUT2D eigenvalue weighted by Crippen LogP contribution is -2.45. The number of hydrogen-bond donors (Lipinski definition) is 2. The molecule has 3 unspecified atom stereocenters. The van der Waals surface area contributed by atoms with Crippen LogP contribution in [0.2, 0.25) is 0 Å². The molecule has 1 aromatic rings. The van der Waals surface area contributed by atoms with Crippen LogP contribution in [0.15, 0.2) is 10.4 Å². The van der Waals surface area contributed by atoms with Crippen molar-refractivity contribution in [3.8, 4) is 0 Å². The Morgan fingerprint density at radius 2 is 2.18 bits per heavy atom. The van der Waals surface area contributed by atoms with E-state index >= 15 is 0 Å². The SMILES string of the molecule is CCc1nc(CNC(=NC)NC2CCC3CCCC3C2)cs1. The molecule has 0 saturated heterocycles. The van der Waals surface area contributed by atoms with E-state index in [4.69, 9.17) is 0 Å². The van der Waals surface area contributed by atoms with Gasteiger partial charge in [0.2, 0.25) is 0 Å². The van der Waals surface area contributed by atoms with E-state index in [1.54, 1.807) is 11.3 Å². The van der Waals surface area contributed by atoms with Gasteiger partial charge in [-0.3, -0.25) is 4.99 Å². The first-order chi connectivity index (χ1) is 10.8. The van der Waals surface area contributed by atoms with Gasteiger partial charge in [-0.1, -0.05) is 26.2 Å². The number of guanidine groups is 1. The van der Waals surface area contributed by atoms with Gasteiger partial charge in [0.15, 0.2) is 5.96 Å². The first kappa shape index (κ1) is 15.8. The van der Waals surface area contributed by atoms with Crippen LogP contribution in [0.5, 0.6) is 0 Å². The largest absolute Gasteiger partial charge is 0.354 e. The van der Waals surface area contributed by atoms with Crippen LogP contribution in [0.3, 0.4) is 0 Å². The van der Waals surface area contributed by atoms with Crippen molar-refractivity contribution in [2.45, 2.75) is 64.5 Å². The molecule has 2 saturated carbocycles. The van der Waals surface area contributed by atoms with Gasteiger partial charge in [0.1, 0.15) is 0 Å². The van der Waals surface area contributed by atoms with E-state index in [1.165, 1.54) is 43.5 Å². The summed E-state index contributed by atoms with van der Waals surface area (Å²) in [7, 11) is 1.86. The fraction of sp³-hybridized carbons (Fsp3) is 0.765. The Labute approximate surface area is 137 Å². The van der Waals surface area contributed by atoms with Gasteiger partial charge in [-0.2, -0.15) is 0 Å². The van der Waals surface area contributed by atoms with Crippen molar-refractivity contribution in [3.05, 3.63) is 16.1 Å². The average Bonchev–Trinajstić information content (AvgIpc) is 3.19. The Kier molecular flexibility index (Phi) is 5.34. The molecule has 0 spiro atoms. The van der Waals surface area contributed by atoms with Crippen molar-refractivity contribution >= 4 is 17.3 Å². The molecule has 22 heavy (non-hydrogen) atoms. The predicted molar refractivity (Wildman–Crippen MR) is 93.3 cm³/mol. The molecule has 1 heterocycles. The summed E-state index contributed by atoms with van der Waals surface area (Å²) in [5.41, 5.74) is 1.12. The molecule has 0 radical (unpaired) electrons. The van der Waals surface area contributed by atoms with E-state index < -0.39 is 0 Å². The number of thiazole rings is 1. The summed E-state index contributed by atoms with van der Waals surface area (Å²) in [6.07, 6.45) is 9.37. The summed E-state index contributed by atoms with van der Waals surface area (Å²) < 4.78 is 0. The van der Waals surface area contributed by atoms with E-state index in [0.717, 1.165) is 36.5 Å². The van der Waals surface area contributed by atoms with E-state index in [2.05, 4.69) is 32.9 Å². The standard InChI is InChI=1S/C17H28N4S/c1-3-16-20-15(11-22-16)10-19-17(18-2)21-14-8-7-12-5-4-6-13(12)9-14/h11-14H,3-10H2,1-2H3,(H2,18,19,21). The Bertz CT molecular complexity index is 511. The van der Waals surface area contributed by atoms with Crippen LogP contribution in [-0.4, -0.2) is 24.0 Å². The molecule has 0 amide bonds. The second-order valence-electron chi connectivity index (χ2n) is 6.62. The lowest BCUT2D eigenvalue weighted by atomic mass is 9.79. The molecule has 3 rings (SSSR count). The highest BCUT2D eigenvalue weighted by molar-refractivity contribution is 7.09. The van der Waals surface area contributed by atoms with E-state index in [-0.39, 0.29) is 0 Å². The number of hydrogen-bond acceptors (Lipinski definition) is 3. The Hall–Kier alpha value is -1.10. The van der Waals surface area contributed by atoms with Crippen LogP contribution in [-0.2, 0) is 13.0 Å². The summed E-state index contributed by atoms with van der Waals surface area (Å²) >= 11 is 1.74. The van der Waals surface area contributed by atoms with Gasteiger partial charge in [0.05, 0.1) is 17.2 Å². The molecule has 122 valence electrons. The van der Waals surface area contributed by atoms with Crippen molar-refractivity contribution < 1.29 is 0 Å². The van der Waals surface area contributed by atoms with Crippen LogP contribution in [0, 0.1) is 11.8 Å². The minimum absolute atomic E-state index is 0.590. The molecule has 4 nitrogen and oxygen atoms in total. The normalized spacial score (nSPS) is 28.5. The second kappa shape index (κ2) is 7.44. The summed E-state index contributed by atoms with van der Waals surface area (Å²) in [5.74, 6) is 2.89. The molecular formula is C17H28N4S. The van der Waals surface area contributed by atoms with Crippen molar-refractivity contribution in [1.29, 1.82) is 0 Å². The van der Waals surface area contributed by atoms with Crippen LogP contribution in [0.25, 0.3) is 0 Å². The topological polar surface area (TPSA) is 49.3 Å². The second-order valence-corrected chi connectivity index (χ2v) is 7.56. The maximum atomic E-state index is 4.60. The average molecular weight is 321 g/mol. The Morgan fingerprint density at radius 1 is 1.32 bits per heavy atom. The molecule has 3 atom stereocenters. The fourth-order valence-electron chi connectivity index (χ4n) is 3.99. The van der Waals surface area contributed by atoms with Gasteiger partial charge in [0.25, 0.3) is 0 Å². The molecule has 1 aromatic heterocycles. The monoisotopic (exact) mass is 320 g/mol. The van der Waals surface area contributed by atoms with Gasteiger partial charge in [-0.05, 0) is 37.5 Å². The number of rotatable bonds is 4. The zero-order valence-electron chi connectivity index (χ0n) is 13.8. The maximum Gasteiger partial charge on any atom is 0.191 e. The van der Waals surface area contributed by atoms with Crippen LogP contribution < -0.4 is 10.6 Å². The molecule has 0 aliphatic heterocycles. The van der Waals surface area contributed by atoms with Gasteiger partial charge >= 0.3 is 0 Å². The lowest BCUT2D eigenvalue weighted by molar-refractivity contribution is 0.239. The number of nitrogens with one attached hydrogen (secondary N) is 2. The molecule has 2 aliphatic carbocycles. The summed E-state index contributed by atoms with van der Waals surface area (Å²) in [6.45, 7) is 2.91. The Balaban J connectivity index is 1.47. The highest BCUT2D eigenvalue weighted by Gasteiger charge is 2.33. The number of nitrogens with zero attached hydrogens (tertiary/aromatic N) is 2. The zero-order valence-corrected chi connectivity index (χ0v) is 14.6. The maximum absolute atomic E-state index is 4.60. The van der Waals surface area contributed by atoms with Gasteiger partial charge in [-0.25, -0.2) is 4.98 Å². The van der Waals surface area contributed by atoms with Crippen LogP contribution >= 0.6 is 11.3 Å². The molecule has 5 heteroatoms. The Morgan fingerprint density at radius 3 is 2.95 bits per heavy atom. The predicted octanol–water partition coefficient (Wildman–Crippen LogP) is 3.34. The number of aliphatic imine (C=N–C) groups is 1. The van der Waals surface area contributed by atoms with Crippen molar-refractivity contribution in [3.63, 3.8) is 0 Å². The molecule has 2 fully saturated rings. The summed E-state index contributed by atoms with van der Waals surface area (Å²) in [4.78, 5) is 8.98. The first-order valence-electron chi connectivity index (χ1n) is 8.69. The molecular weight excluding hydrogens is 292 g/mol. The fourth-order valence-corrected chi connectivity index (χ4v) is 4.73. The first-order valence-corrected chi connectivity index (χ1v) is 9.57. The van der Waals surface area contributed by atoms with E-state index in [0.29, 0.717) is 6.04 Å². The molecule has 2 N–H and O–H groups in total. The number of aromatic nitrogens is 1. The van der Waals surface area contributed by atoms with Gasteiger partial charge in [0, 0.05) is 18.5 Å². The number of fused-ring (bicyclic) bond motifs is 1. The highest BCUT2D eigenvalue weighted by atomic mass is 32.1. The highest BCUT2D eigenvalue weighted by Crippen LogP contribution is 2.41. The van der Waals surface area contributed by atoms with Gasteiger partial charge < -0.3 is 10.6 Å². The quantitative estimate of drug-likeness (QED) is 0.661. The molecule has 0 bridgehead atoms. The number of aryl methyl sites for hydroxylation is 1. The van der Waals surface area contributed by atoms with E-state index in [9.17, 15) is 0 Å². The third-order valence-corrected chi connectivity index (χ3v) is 6.23. The van der Waals surface area contributed by atoms with Crippen molar-refractivity contribution in [2.24, 2.45) is 16.8 Å². The minimum atomic E-state index is 0.590. The van der Waals surface area contributed by atoms with Gasteiger partial charge in [-0.15, -0.1) is 11.3 Å². The summed E-state index contributed by atoms with van der Waals surface area (Å²) in [6, 6.07) is 0.590. The van der Waals surface area contributed by atoms with Crippen molar-refractivity contribution in [2.75, 3.05) is 7.05 Å². The minimum Gasteiger partial charge on any atom is -0.354 e. The summed E-state index contributed by atoms with van der Waals surface area (Å²) in [5, 5.41) is 10.4. The lowest BCUT2D eigenvalue weighted by Gasteiger charge is -2.33. The molecule has 0 aromatic carbocycles. The molecule has 2 aliphatic rings. The van der Waals surface area contributed by atoms with Crippen LogP contribution in [0.4, 0.5) is 0 Å².